The molecule has 2 unspecified atom stereocenters. The lowest BCUT2D eigenvalue weighted by molar-refractivity contribution is 0.129. The van der Waals surface area contributed by atoms with Crippen LogP contribution in [0.15, 0.2) is 28.7 Å². The van der Waals surface area contributed by atoms with Gasteiger partial charge in [0.15, 0.2) is 0 Å². The third kappa shape index (κ3) is 3.96. The van der Waals surface area contributed by atoms with Crippen LogP contribution in [0.2, 0.25) is 0 Å². The minimum Gasteiger partial charge on any atom is -0.393 e. The minimum absolute atomic E-state index is 0.0276. The molecule has 5 heteroatoms. The van der Waals surface area contributed by atoms with Gasteiger partial charge in [0.05, 0.1) is 6.10 Å². The number of likely N-dealkylation sites (tertiary alicyclic amines) is 1. The molecule has 2 atom stereocenters. The summed E-state index contributed by atoms with van der Waals surface area (Å²) in [4.78, 5) is 13.8. The molecular formula is C15H21BrN2O2. The first-order chi connectivity index (χ1) is 9.58. The number of aliphatic hydroxyl groups excluding tert-OH is 1. The van der Waals surface area contributed by atoms with Crippen molar-refractivity contribution in [2.45, 2.75) is 25.9 Å². The van der Waals surface area contributed by atoms with E-state index < -0.39 is 0 Å². The van der Waals surface area contributed by atoms with Crippen LogP contribution in [0.5, 0.6) is 0 Å². The van der Waals surface area contributed by atoms with Crippen molar-refractivity contribution < 1.29 is 9.90 Å². The molecule has 1 heterocycles. The van der Waals surface area contributed by atoms with Crippen LogP contribution < -0.4 is 5.32 Å². The molecule has 0 aromatic heterocycles. The van der Waals surface area contributed by atoms with Crippen LogP contribution in [0.3, 0.4) is 0 Å². The van der Waals surface area contributed by atoms with Crippen molar-refractivity contribution in [1.29, 1.82) is 0 Å². The molecule has 0 bridgehead atoms. The monoisotopic (exact) mass is 340 g/mol. The van der Waals surface area contributed by atoms with Gasteiger partial charge in [0.1, 0.15) is 0 Å². The Bertz CT molecular complexity index is 465. The van der Waals surface area contributed by atoms with Crippen LogP contribution in [0, 0.1) is 5.92 Å². The van der Waals surface area contributed by atoms with Gasteiger partial charge in [0.25, 0.3) is 0 Å². The summed E-state index contributed by atoms with van der Waals surface area (Å²) in [6.45, 7) is 3.80. The normalized spacial score (nSPS) is 19.9. The molecule has 1 saturated heterocycles. The number of hydrogen-bond donors (Lipinski definition) is 2. The first-order valence-electron chi connectivity index (χ1n) is 7.02. The van der Waals surface area contributed by atoms with Crippen LogP contribution in [-0.2, 0) is 6.42 Å². The van der Waals surface area contributed by atoms with Crippen molar-refractivity contribution >= 4 is 22.0 Å². The van der Waals surface area contributed by atoms with Gasteiger partial charge in [-0.1, -0.05) is 34.1 Å². The summed E-state index contributed by atoms with van der Waals surface area (Å²) in [6, 6.07) is 8.00. The molecule has 0 saturated carbocycles. The van der Waals surface area contributed by atoms with E-state index in [-0.39, 0.29) is 18.1 Å². The lowest BCUT2D eigenvalue weighted by Gasteiger charge is -2.18. The Balaban J connectivity index is 1.75. The number of nitrogens with one attached hydrogen (secondary N) is 1. The van der Waals surface area contributed by atoms with Crippen LogP contribution in [0.1, 0.15) is 18.9 Å². The lowest BCUT2D eigenvalue weighted by atomic mass is 10.0. The molecule has 1 aromatic rings. The summed E-state index contributed by atoms with van der Waals surface area (Å²) >= 11 is 3.50. The van der Waals surface area contributed by atoms with Gasteiger partial charge >= 0.3 is 6.03 Å². The van der Waals surface area contributed by atoms with E-state index in [0.29, 0.717) is 13.1 Å². The summed E-state index contributed by atoms with van der Waals surface area (Å²) in [5.74, 6) is 0.212. The van der Waals surface area contributed by atoms with E-state index in [0.717, 1.165) is 23.9 Å². The highest BCUT2D eigenvalue weighted by Crippen LogP contribution is 2.19. The van der Waals surface area contributed by atoms with Crippen molar-refractivity contribution in [3.63, 3.8) is 0 Å². The minimum atomic E-state index is -0.340. The number of urea groups is 1. The summed E-state index contributed by atoms with van der Waals surface area (Å²) in [5, 5.41) is 12.5. The number of aliphatic hydroxyl groups is 1. The molecule has 1 aliphatic rings. The molecule has 0 aliphatic carbocycles. The van der Waals surface area contributed by atoms with Crippen molar-refractivity contribution in [2.24, 2.45) is 5.92 Å². The van der Waals surface area contributed by atoms with Gasteiger partial charge in [0.2, 0.25) is 0 Å². The van der Waals surface area contributed by atoms with Crippen molar-refractivity contribution in [3.05, 3.63) is 34.3 Å². The van der Waals surface area contributed by atoms with E-state index in [9.17, 15) is 9.90 Å². The number of carbonyl (C=O) groups excluding carboxylic acids is 1. The molecule has 110 valence electrons. The fourth-order valence-corrected chi connectivity index (χ4v) is 2.97. The quantitative estimate of drug-likeness (QED) is 0.884. The molecule has 2 N–H and O–H groups in total. The van der Waals surface area contributed by atoms with E-state index in [1.54, 1.807) is 11.8 Å². The zero-order valence-electron chi connectivity index (χ0n) is 11.7. The van der Waals surface area contributed by atoms with E-state index >= 15 is 0 Å². The van der Waals surface area contributed by atoms with Crippen LogP contribution in [0.4, 0.5) is 4.79 Å². The molecule has 2 amide bonds. The second-order valence-electron chi connectivity index (χ2n) is 5.31. The van der Waals surface area contributed by atoms with Crippen molar-refractivity contribution in [3.8, 4) is 0 Å². The Morgan fingerprint density at radius 3 is 2.95 bits per heavy atom. The largest absolute Gasteiger partial charge is 0.393 e. The number of amides is 2. The molecule has 1 fully saturated rings. The van der Waals surface area contributed by atoms with Crippen LogP contribution in [0.25, 0.3) is 0 Å². The van der Waals surface area contributed by atoms with E-state index in [4.69, 9.17) is 0 Å². The first kappa shape index (κ1) is 15.3. The summed E-state index contributed by atoms with van der Waals surface area (Å²) < 4.78 is 1.07. The molecule has 20 heavy (non-hydrogen) atoms. The van der Waals surface area contributed by atoms with E-state index in [1.807, 2.05) is 18.2 Å². The fraction of sp³-hybridized carbons (Fsp3) is 0.533. The number of carbonyl (C=O) groups is 1. The maximum atomic E-state index is 12.0. The highest BCUT2D eigenvalue weighted by Gasteiger charge is 2.28. The summed E-state index contributed by atoms with van der Waals surface area (Å²) in [6.07, 6.45) is 1.35. The average molecular weight is 341 g/mol. The Kier molecular flexibility index (Phi) is 5.43. The Morgan fingerprint density at radius 2 is 2.30 bits per heavy atom. The van der Waals surface area contributed by atoms with Gasteiger partial charge in [-0.15, -0.1) is 0 Å². The van der Waals surface area contributed by atoms with Gasteiger partial charge < -0.3 is 15.3 Å². The van der Waals surface area contributed by atoms with Gasteiger partial charge in [-0.05, 0) is 31.4 Å². The first-order valence-corrected chi connectivity index (χ1v) is 7.81. The van der Waals surface area contributed by atoms with E-state index in [1.165, 1.54) is 5.56 Å². The highest BCUT2D eigenvalue weighted by atomic mass is 79.9. The number of halogens is 1. The SMILES string of the molecule is CC(O)C1CCN(C(=O)NCCc2ccccc2Br)C1. The third-order valence-corrected chi connectivity index (χ3v) is 4.60. The highest BCUT2D eigenvalue weighted by molar-refractivity contribution is 9.10. The third-order valence-electron chi connectivity index (χ3n) is 3.82. The molecule has 2 rings (SSSR count). The number of nitrogens with zero attached hydrogens (tertiary/aromatic N) is 1. The van der Waals surface area contributed by atoms with Crippen LogP contribution >= 0.6 is 15.9 Å². The Labute approximate surface area is 128 Å². The standard InChI is InChI=1S/C15H21BrN2O2/c1-11(19)13-7-9-18(10-13)15(20)17-8-6-12-4-2-3-5-14(12)16/h2-5,11,13,19H,6-10H2,1H3,(H,17,20). The average Bonchev–Trinajstić information content (AvgIpc) is 2.91. The zero-order valence-corrected chi connectivity index (χ0v) is 13.3. The molecule has 0 spiro atoms. The smallest absolute Gasteiger partial charge is 0.317 e. The Morgan fingerprint density at radius 1 is 1.55 bits per heavy atom. The summed E-state index contributed by atoms with van der Waals surface area (Å²) in [7, 11) is 0. The number of benzene rings is 1. The number of hydrogen-bond acceptors (Lipinski definition) is 2. The topological polar surface area (TPSA) is 52.6 Å². The fourth-order valence-electron chi connectivity index (χ4n) is 2.48. The van der Waals surface area contributed by atoms with Gasteiger partial charge in [-0.3, -0.25) is 0 Å². The second-order valence-corrected chi connectivity index (χ2v) is 6.16. The molecular weight excluding hydrogens is 320 g/mol. The number of rotatable bonds is 4. The maximum absolute atomic E-state index is 12.0. The molecule has 0 radical (unpaired) electrons. The molecule has 1 aliphatic heterocycles. The molecule has 4 nitrogen and oxygen atoms in total. The zero-order chi connectivity index (χ0) is 14.5. The predicted octanol–water partition coefficient (Wildman–Crippen LogP) is 2.40. The van der Waals surface area contributed by atoms with Gasteiger partial charge in [-0.2, -0.15) is 0 Å². The molecule has 1 aromatic carbocycles. The predicted molar refractivity (Wildman–Crippen MR) is 82.6 cm³/mol. The van der Waals surface area contributed by atoms with Crippen molar-refractivity contribution in [2.75, 3.05) is 19.6 Å². The maximum Gasteiger partial charge on any atom is 0.317 e. The van der Waals surface area contributed by atoms with E-state index in [2.05, 4.69) is 27.3 Å². The summed E-state index contributed by atoms with van der Waals surface area (Å²) in [5.41, 5.74) is 1.19. The van der Waals surface area contributed by atoms with Gasteiger partial charge in [0, 0.05) is 30.0 Å². The second kappa shape index (κ2) is 7.09. The van der Waals surface area contributed by atoms with Gasteiger partial charge in [-0.25, -0.2) is 4.79 Å². The van der Waals surface area contributed by atoms with Crippen LogP contribution in [-0.4, -0.2) is 41.8 Å². The van der Waals surface area contributed by atoms with Crippen molar-refractivity contribution in [1.82, 2.24) is 10.2 Å². The lowest BCUT2D eigenvalue weighted by Crippen LogP contribution is -2.39. The Hall–Kier alpha value is -1.07.